The van der Waals surface area contributed by atoms with Crippen molar-refractivity contribution in [2.75, 3.05) is 33.9 Å². The molecule has 0 aliphatic heterocycles. The minimum Gasteiger partial charge on any atom is -0.469 e. The van der Waals surface area contributed by atoms with Gasteiger partial charge < -0.3 is 14.4 Å². The molecule has 0 aliphatic rings. The van der Waals surface area contributed by atoms with Crippen LogP contribution in [0.5, 0.6) is 0 Å². The summed E-state index contributed by atoms with van der Waals surface area (Å²) in [6.45, 7) is 3.06. The molecule has 0 radical (unpaired) electrons. The summed E-state index contributed by atoms with van der Waals surface area (Å²) in [7, 11) is 2.91. The molecule has 5 nitrogen and oxygen atoms in total. The van der Waals surface area contributed by atoms with Crippen LogP contribution in [0.2, 0.25) is 0 Å². The van der Waals surface area contributed by atoms with Crippen LogP contribution in [0.15, 0.2) is 22.7 Å². The Morgan fingerprint density at radius 3 is 2.57 bits per heavy atom. The minimum absolute atomic E-state index is 0.133. The molecule has 1 aromatic carbocycles. The van der Waals surface area contributed by atoms with Gasteiger partial charge in [0.1, 0.15) is 0 Å². The second kappa shape index (κ2) is 8.79. The lowest BCUT2D eigenvalue weighted by Gasteiger charge is -2.23. The topological polar surface area (TPSA) is 55.8 Å². The predicted molar refractivity (Wildman–Crippen MR) is 83.3 cm³/mol. The molecule has 0 atom stereocenters. The Kier molecular flexibility index (Phi) is 7.39. The fourth-order valence-corrected chi connectivity index (χ4v) is 2.26. The molecular formula is C15H20BrNO4. The van der Waals surface area contributed by atoms with Crippen molar-refractivity contribution < 1.29 is 19.1 Å². The molecule has 6 heteroatoms. The normalized spacial score (nSPS) is 10.3. The lowest BCUT2D eigenvalue weighted by molar-refractivity contribution is -0.140. The predicted octanol–water partition coefficient (Wildman–Crippen LogP) is 2.41. The molecule has 0 fully saturated rings. The zero-order valence-corrected chi connectivity index (χ0v) is 14.1. The maximum Gasteiger partial charge on any atom is 0.307 e. The van der Waals surface area contributed by atoms with Crippen molar-refractivity contribution in [1.29, 1.82) is 0 Å². The molecule has 21 heavy (non-hydrogen) atoms. The van der Waals surface area contributed by atoms with Gasteiger partial charge >= 0.3 is 5.97 Å². The van der Waals surface area contributed by atoms with E-state index in [-0.39, 0.29) is 18.3 Å². The van der Waals surface area contributed by atoms with Gasteiger partial charge in [-0.2, -0.15) is 0 Å². The van der Waals surface area contributed by atoms with E-state index < -0.39 is 0 Å². The minimum atomic E-state index is -0.339. The molecule has 0 N–H and O–H groups in total. The monoisotopic (exact) mass is 357 g/mol. The Bertz CT molecular complexity index is 504. The molecule has 116 valence electrons. The van der Waals surface area contributed by atoms with E-state index in [1.807, 2.05) is 19.1 Å². The molecule has 0 saturated carbocycles. The van der Waals surface area contributed by atoms with E-state index >= 15 is 0 Å². The van der Waals surface area contributed by atoms with Crippen LogP contribution >= 0.6 is 15.9 Å². The van der Waals surface area contributed by atoms with Crippen molar-refractivity contribution in [3.8, 4) is 0 Å². The van der Waals surface area contributed by atoms with E-state index in [1.54, 1.807) is 18.1 Å². The largest absolute Gasteiger partial charge is 0.469 e. The number of nitrogens with zero attached hydrogens (tertiary/aromatic N) is 1. The van der Waals surface area contributed by atoms with Gasteiger partial charge in [0.2, 0.25) is 0 Å². The van der Waals surface area contributed by atoms with Crippen molar-refractivity contribution in [2.45, 2.75) is 13.3 Å². The first kappa shape index (κ1) is 17.7. The molecule has 0 spiro atoms. The van der Waals surface area contributed by atoms with Gasteiger partial charge in [-0.1, -0.05) is 12.1 Å². The molecular weight excluding hydrogens is 338 g/mol. The number of esters is 1. The van der Waals surface area contributed by atoms with E-state index in [4.69, 9.17) is 4.74 Å². The van der Waals surface area contributed by atoms with Crippen molar-refractivity contribution >= 4 is 27.8 Å². The Labute approximate surface area is 133 Å². The van der Waals surface area contributed by atoms with Gasteiger partial charge in [0.25, 0.3) is 5.91 Å². The fraction of sp³-hybridized carbons (Fsp3) is 0.467. The van der Waals surface area contributed by atoms with Crippen LogP contribution in [0.25, 0.3) is 0 Å². The average molecular weight is 358 g/mol. The van der Waals surface area contributed by atoms with Gasteiger partial charge in [-0.25, -0.2) is 0 Å². The smallest absolute Gasteiger partial charge is 0.307 e. The molecule has 0 heterocycles. The summed E-state index contributed by atoms with van der Waals surface area (Å²) in [4.78, 5) is 25.5. The Morgan fingerprint density at radius 2 is 1.95 bits per heavy atom. The number of rotatable bonds is 7. The number of hydrogen-bond acceptors (Lipinski definition) is 4. The van der Waals surface area contributed by atoms with Crippen molar-refractivity contribution in [3.63, 3.8) is 0 Å². The first-order valence-electron chi connectivity index (χ1n) is 6.61. The Morgan fingerprint density at radius 1 is 1.24 bits per heavy atom. The fourth-order valence-electron chi connectivity index (χ4n) is 1.83. The van der Waals surface area contributed by atoms with Gasteiger partial charge in [0, 0.05) is 24.7 Å². The third kappa shape index (κ3) is 5.13. The molecule has 0 aromatic heterocycles. The molecule has 0 unspecified atom stereocenters. The number of ether oxygens (including phenoxy) is 2. The number of carbonyl (C=O) groups excluding carboxylic acids is 2. The number of halogens is 1. The highest BCUT2D eigenvalue weighted by Gasteiger charge is 2.19. The SMILES string of the molecule is COCCN(CCC(=O)OC)C(=O)c1cccc(C)c1Br. The van der Waals surface area contributed by atoms with Gasteiger partial charge in [-0.05, 0) is 34.5 Å². The first-order valence-corrected chi connectivity index (χ1v) is 7.40. The molecule has 0 saturated heterocycles. The molecule has 0 bridgehead atoms. The number of carbonyl (C=O) groups is 2. The van der Waals surface area contributed by atoms with Crippen LogP contribution in [0, 0.1) is 6.92 Å². The van der Waals surface area contributed by atoms with Crippen LogP contribution in [0.4, 0.5) is 0 Å². The van der Waals surface area contributed by atoms with Crippen LogP contribution in [0.3, 0.4) is 0 Å². The lowest BCUT2D eigenvalue weighted by atomic mass is 10.1. The summed E-state index contributed by atoms with van der Waals surface area (Å²) in [5, 5.41) is 0. The quantitative estimate of drug-likeness (QED) is 0.703. The van der Waals surface area contributed by atoms with E-state index in [0.29, 0.717) is 25.3 Å². The molecule has 1 aromatic rings. The average Bonchev–Trinajstić information content (AvgIpc) is 2.49. The van der Waals surface area contributed by atoms with Crippen LogP contribution in [0.1, 0.15) is 22.3 Å². The summed E-state index contributed by atoms with van der Waals surface area (Å²) in [5.74, 6) is -0.472. The molecule has 0 aliphatic carbocycles. The highest BCUT2D eigenvalue weighted by atomic mass is 79.9. The number of benzene rings is 1. The summed E-state index contributed by atoms with van der Waals surface area (Å²) in [6, 6.07) is 5.52. The summed E-state index contributed by atoms with van der Waals surface area (Å²) in [6.07, 6.45) is 0.162. The maximum atomic E-state index is 12.6. The third-order valence-corrected chi connectivity index (χ3v) is 4.14. The van der Waals surface area contributed by atoms with Crippen molar-refractivity contribution in [3.05, 3.63) is 33.8 Å². The van der Waals surface area contributed by atoms with E-state index in [0.717, 1.165) is 10.0 Å². The highest BCUT2D eigenvalue weighted by molar-refractivity contribution is 9.10. The summed E-state index contributed by atoms with van der Waals surface area (Å²) >= 11 is 3.44. The van der Waals surface area contributed by atoms with Crippen LogP contribution in [-0.2, 0) is 14.3 Å². The van der Waals surface area contributed by atoms with E-state index in [9.17, 15) is 9.59 Å². The summed E-state index contributed by atoms with van der Waals surface area (Å²) in [5.41, 5.74) is 1.57. The van der Waals surface area contributed by atoms with Crippen molar-refractivity contribution in [1.82, 2.24) is 4.90 Å². The van der Waals surface area contributed by atoms with E-state index in [1.165, 1.54) is 7.11 Å². The summed E-state index contributed by atoms with van der Waals surface area (Å²) < 4.78 is 10.4. The Hall–Kier alpha value is -1.40. The van der Waals surface area contributed by atoms with Gasteiger partial charge in [-0.3, -0.25) is 9.59 Å². The number of aryl methyl sites for hydroxylation is 1. The number of hydrogen-bond donors (Lipinski definition) is 0. The zero-order valence-electron chi connectivity index (χ0n) is 12.5. The van der Waals surface area contributed by atoms with Gasteiger partial charge in [0.15, 0.2) is 0 Å². The van der Waals surface area contributed by atoms with Crippen LogP contribution < -0.4 is 0 Å². The molecule has 1 amide bonds. The maximum absolute atomic E-state index is 12.6. The zero-order chi connectivity index (χ0) is 15.8. The van der Waals surface area contributed by atoms with Crippen LogP contribution in [-0.4, -0.2) is 50.7 Å². The first-order chi connectivity index (χ1) is 10.0. The lowest BCUT2D eigenvalue weighted by Crippen LogP contribution is -2.36. The number of methoxy groups -OCH3 is 2. The van der Waals surface area contributed by atoms with Gasteiger partial charge in [-0.15, -0.1) is 0 Å². The standard InChI is InChI=1S/C15H20BrNO4/c1-11-5-4-6-12(14(11)16)15(19)17(9-10-20-2)8-7-13(18)21-3/h4-6H,7-10H2,1-3H3. The second-order valence-electron chi connectivity index (χ2n) is 4.55. The van der Waals surface area contributed by atoms with E-state index in [2.05, 4.69) is 20.7 Å². The highest BCUT2D eigenvalue weighted by Crippen LogP contribution is 2.22. The van der Waals surface area contributed by atoms with Gasteiger partial charge in [0.05, 0.1) is 25.7 Å². The third-order valence-electron chi connectivity index (χ3n) is 3.09. The second-order valence-corrected chi connectivity index (χ2v) is 5.34. The number of amides is 1. The van der Waals surface area contributed by atoms with Crippen molar-refractivity contribution in [2.24, 2.45) is 0 Å². The molecule has 1 rings (SSSR count). The Balaban J connectivity index is 2.88.